The van der Waals surface area contributed by atoms with Crippen LogP contribution < -0.4 is 27.4 Å². The number of para-hydroxylation sites is 1. The number of nitrogens with zero attached hydrogens (tertiary/aromatic N) is 1. The van der Waals surface area contributed by atoms with E-state index in [-0.39, 0.29) is 12.3 Å². The third-order valence-electron chi connectivity index (χ3n) is 7.02. The Morgan fingerprint density at radius 3 is 2.62 bits per heavy atom. The summed E-state index contributed by atoms with van der Waals surface area (Å²) in [6.07, 6.45) is 4.63. The Kier molecular flexibility index (Phi) is 11.0. The van der Waals surface area contributed by atoms with Gasteiger partial charge in [0.15, 0.2) is 0 Å². The number of carboxylic acid groups (broad SMARTS) is 1. The topological polar surface area (TPSA) is 213 Å². The first kappa shape index (κ1) is 30.6. The summed E-state index contributed by atoms with van der Waals surface area (Å²) in [6, 6.07) is 4.02. The van der Waals surface area contributed by atoms with Gasteiger partial charge in [0.25, 0.3) is 0 Å². The highest BCUT2D eigenvalue weighted by molar-refractivity contribution is 5.94. The monoisotopic (exact) mass is 557 g/mol. The fourth-order valence-electron chi connectivity index (χ4n) is 4.81. The first-order chi connectivity index (χ1) is 19.1. The minimum Gasteiger partial charge on any atom is -0.480 e. The molecule has 2 aromatic rings. The Morgan fingerprint density at radius 1 is 1.15 bits per heavy atom. The summed E-state index contributed by atoms with van der Waals surface area (Å²) in [7, 11) is 0. The number of rotatable bonds is 14. The number of carboxylic acids is 1. The molecule has 1 fully saturated rings. The van der Waals surface area contributed by atoms with Crippen molar-refractivity contribution in [2.24, 2.45) is 11.5 Å². The molecule has 1 aromatic carbocycles. The number of nitrogens with two attached hydrogens (primary N) is 2. The molecule has 1 aromatic heterocycles. The molecule has 13 nitrogen and oxygen atoms in total. The average molecular weight is 558 g/mol. The lowest BCUT2D eigenvalue weighted by atomic mass is 10.0. The lowest BCUT2D eigenvalue weighted by molar-refractivity contribution is -0.141. The lowest BCUT2D eigenvalue weighted by Crippen LogP contribution is -2.54. The smallest absolute Gasteiger partial charge is 0.325 e. The quantitative estimate of drug-likeness (QED) is 0.148. The van der Waals surface area contributed by atoms with E-state index in [9.17, 15) is 24.0 Å². The van der Waals surface area contributed by atoms with Crippen LogP contribution in [0.5, 0.6) is 0 Å². The highest BCUT2D eigenvalue weighted by Gasteiger charge is 2.36. The van der Waals surface area contributed by atoms with Crippen molar-refractivity contribution in [3.8, 4) is 0 Å². The number of hydrogen-bond donors (Lipinski definition) is 7. The number of unbranched alkanes of at least 4 members (excludes halogenated alkanes) is 1. The van der Waals surface area contributed by atoms with Crippen molar-refractivity contribution in [2.75, 3.05) is 19.6 Å². The second-order valence-electron chi connectivity index (χ2n) is 10.1. The predicted octanol–water partition coefficient (Wildman–Crippen LogP) is -0.652. The molecule has 13 heteroatoms. The highest BCUT2D eigenvalue weighted by atomic mass is 16.4. The number of H-pyrrole nitrogens is 1. The van der Waals surface area contributed by atoms with Gasteiger partial charge in [0.05, 0.1) is 12.6 Å². The number of likely N-dealkylation sites (tertiary alicyclic amines) is 1. The molecule has 0 saturated carbocycles. The molecule has 1 aliphatic rings. The van der Waals surface area contributed by atoms with Crippen LogP contribution in [-0.4, -0.2) is 88.4 Å². The second-order valence-corrected chi connectivity index (χ2v) is 10.1. The zero-order valence-corrected chi connectivity index (χ0v) is 22.7. The summed E-state index contributed by atoms with van der Waals surface area (Å²) >= 11 is 0. The van der Waals surface area contributed by atoms with Crippen molar-refractivity contribution < 1.29 is 29.1 Å². The van der Waals surface area contributed by atoms with Gasteiger partial charge in [-0.3, -0.25) is 24.0 Å². The van der Waals surface area contributed by atoms with E-state index in [4.69, 9.17) is 16.6 Å². The fourth-order valence-corrected chi connectivity index (χ4v) is 4.81. The van der Waals surface area contributed by atoms with E-state index in [1.807, 2.05) is 30.5 Å². The van der Waals surface area contributed by atoms with E-state index in [2.05, 4.69) is 20.9 Å². The molecule has 3 rings (SSSR count). The summed E-state index contributed by atoms with van der Waals surface area (Å²) in [4.78, 5) is 67.0. The molecule has 0 spiro atoms. The number of amides is 4. The van der Waals surface area contributed by atoms with Crippen LogP contribution in [0.25, 0.3) is 10.9 Å². The minimum atomic E-state index is -1.20. The first-order valence-corrected chi connectivity index (χ1v) is 13.5. The summed E-state index contributed by atoms with van der Waals surface area (Å²) in [6.45, 7) is 1.70. The average Bonchev–Trinajstić information content (AvgIpc) is 3.58. The summed E-state index contributed by atoms with van der Waals surface area (Å²) in [5.74, 6) is -3.27. The van der Waals surface area contributed by atoms with Gasteiger partial charge in [-0.25, -0.2) is 0 Å². The maximum Gasteiger partial charge on any atom is 0.325 e. The predicted molar refractivity (Wildman–Crippen MR) is 148 cm³/mol. The molecule has 218 valence electrons. The van der Waals surface area contributed by atoms with Gasteiger partial charge >= 0.3 is 5.97 Å². The Labute approximate surface area is 232 Å². The minimum absolute atomic E-state index is 0.258. The van der Waals surface area contributed by atoms with E-state index >= 15 is 0 Å². The van der Waals surface area contributed by atoms with E-state index in [1.54, 1.807) is 0 Å². The van der Waals surface area contributed by atoms with E-state index in [1.165, 1.54) is 11.8 Å². The molecule has 0 radical (unpaired) electrons. The number of hydrogen-bond acceptors (Lipinski definition) is 7. The number of aromatic amines is 1. The van der Waals surface area contributed by atoms with Crippen molar-refractivity contribution >= 4 is 40.5 Å². The molecule has 0 bridgehead atoms. The number of carbonyl (C=O) groups is 5. The third-order valence-corrected chi connectivity index (χ3v) is 7.02. The Hall–Kier alpha value is -3.97. The summed E-state index contributed by atoms with van der Waals surface area (Å²) < 4.78 is 0. The van der Waals surface area contributed by atoms with E-state index in [0.29, 0.717) is 45.2 Å². The van der Waals surface area contributed by atoms with Gasteiger partial charge in [0.2, 0.25) is 23.6 Å². The fraction of sp³-hybridized carbons (Fsp3) is 0.519. The number of benzene rings is 1. The van der Waals surface area contributed by atoms with Gasteiger partial charge < -0.3 is 42.4 Å². The van der Waals surface area contributed by atoms with E-state index in [0.717, 1.165) is 16.5 Å². The molecule has 0 aliphatic carbocycles. The maximum absolute atomic E-state index is 13.2. The summed E-state index contributed by atoms with van der Waals surface area (Å²) in [5.41, 5.74) is 13.6. The van der Waals surface area contributed by atoms with Crippen molar-refractivity contribution in [1.82, 2.24) is 25.8 Å². The van der Waals surface area contributed by atoms with Crippen molar-refractivity contribution in [3.63, 3.8) is 0 Å². The number of aromatic nitrogens is 1. The van der Waals surface area contributed by atoms with Crippen LogP contribution in [0.15, 0.2) is 30.5 Å². The van der Waals surface area contributed by atoms with Crippen LogP contribution in [0.1, 0.15) is 44.6 Å². The molecule has 0 unspecified atom stereocenters. The molecule has 2 heterocycles. The molecular formula is C27H39N7O6. The van der Waals surface area contributed by atoms with Crippen LogP contribution in [0.4, 0.5) is 0 Å². The van der Waals surface area contributed by atoms with Crippen LogP contribution in [-0.2, 0) is 30.4 Å². The Morgan fingerprint density at radius 2 is 1.90 bits per heavy atom. The normalized spacial score (nSPS) is 17.2. The van der Waals surface area contributed by atoms with Crippen molar-refractivity contribution in [3.05, 3.63) is 36.0 Å². The van der Waals surface area contributed by atoms with Gasteiger partial charge in [0.1, 0.15) is 18.1 Å². The van der Waals surface area contributed by atoms with Gasteiger partial charge in [-0.1, -0.05) is 18.2 Å². The Bertz CT molecular complexity index is 1210. The van der Waals surface area contributed by atoms with Gasteiger partial charge in [-0.05, 0) is 63.6 Å². The molecule has 4 amide bonds. The molecular weight excluding hydrogens is 518 g/mol. The third kappa shape index (κ3) is 8.02. The van der Waals surface area contributed by atoms with Crippen LogP contribution in [0, 0.1) is 0 Å². The second kappa shape index (κ2) is 14.4. The zero-order chi connectivity index (χ0) is 29.2. The number of aliphatic carboxylic acids is 1. The number of fused-ring (bicyclic) bond motifs is 1. The highest BCUT2D eigenvalue weighted by Crippen LogP contribution is 2.22. The molecule has 40 heavy (non-hydrogen) atoms. The molecule has 1 aliphatic heterocycles. The van der Waals surface area contributed by atoms with Gasteiger partial charge in [-0.2, -0.15) is 0 Å². The first-order valence-electron chi connectivity index (χ1n) is 13.5. The molecule has 9 N–H and O–H groups in total. The Balaban J connectivity index is 1.54. The number of nitrogens with one attached hydrogen (secondary N) is 4. The number of carbonyl (C=O) groups excluding carboxylic acids is 4. The molecule has 1 saturated heterocycles. The zero-order valence-electron chi connectivity index (χ0n) is 22.7. The molecule has 4 atom stereocenters. The van der Waals surface area contributed by atoms with Gasteiger partial charge in [-0.15, -0.1) is 0 Å². The maximum atomic E-state index is 13.2. The van der Waals surface area contributed by atoms with Crippen LogP contribution >= 0.6 is 0 Å². The summed E-state index contributed by atoms with van der Waals surface area (Å²) in [5, 5.41) is 17.5. The standard InChI is InChI=1S/C27H39N7O6/c1-16(27(39)40)32-24(36)21(9-4-5-11-28)33-23(35)15-31-25(37)22-10-6-12-34(22)26(38)19(29)13-17-14-30-20-8-3-2-7-18(17)20/h2-3,7-8,14,16,19,21-22,30H,4-6,9-13,15,28-29H2,1H3,(H,31,37)(H,32,36)(H,33,35)(H,39,40)/t16-,19-,21-,22-/m0/s1. The lowest BCUT2D eigenvalue weighted by Gasteiger charge is -2.27. The van der Waals surface area contributed by atoms with Crippen LogP contribution in [0.3, 0.4) is 0 Å². The SMILES string of the molecule is C[C@H](NC(=O)[C@H](CCCCN)NC(=O)CNC(=O)[C@@H]1CCCN1C(=O)[C@@H](N)Cc1c[nH]c2ccccc12)C(=O)O. The largest absolute Gasteiger partial charge is 0.480 e. The van der Waals surface area contributed by atoms with Crippen molar-refractivity contribution in [1.29, 1.82) is 0 Å². The van der Waals surface area contributed by atoms with Crippen LogP contribution in [0.2, 0.25) is 0 Å². The van der Waals surface area contributed by atoms with Crippen molar-refractivity contribution in [2.45, 2.75) is 69.6 Å². The van der Waals surface area contributed by atoms with Gasteiger partial charge in [0, 0.05) is 23.6 Å². The van der Waals surface area contributed by atoms with E-state index < -0.39 is 54.4 Å².